The average Bonchev–Trinajstić information content (AvgIpc) is 2.48. The molecule has 1 aromatic heterocycles. The summed E-state index contributed by atoms with van der Waals surface area (Å²) in [7, 11) is 0. The fraction of sp³-hybridized carbons (Fsp3) is 0.700. The Morgan fingerprint density at radius 3 is 2.39 bits per heavy atom. The molecular weight excluding hydrogens is 284 g/mol. The largest absolute Gasteiger partial charge is 0.348 e. The molecule has 4 aliphatic carbocycles. The van der Waals surface area contributed by atoms with Gasteiger partial charge in [-0.25, -0.2) is 0 Å². The molecule has 1 atom stereocenters. The van der Waals surface area contributed by atoms with E-state index in [1.165, 1.54) is 38.5 Å². The SMILES string of the molecule is Cc1cccc[n+]1CC(=O)N[C@H](C)C12CC3CC(CC(C3)C1)C2. The first-order valence-corrected chi connectivity index (χ1v) is 9.28. The molecule has 1 N–H and O–H groups in total. The van der Waals surface area contributed by atoms with Crippen LogP contribution in [0.3, 0.4) is 0 Å². The van der Waals surface area contributed by atoms with Crippen LogP contribution in [-0.4, -0.2) is 11.9 Å². The summed E-state index contributed by atoms with van der Waals surface area (Å²) >= 11 is 0. The van der Waals surface area contributed by atoms with Gasteiger partial charge in [-0.1, -0.05) is 6.07 Å². The molecule has 4 bridgehead atoms. The van der Waals surface area contributed by atoms with Crippen molar-refractivity contribution in [1.82, 2.24) is 5.32 Å². The zero-order valence-corrected chi connectivity index (χ0v) is 14.4. The van der Waals surface area contributed by atoms with Crippen molar-refractivity contribution in [3.05, 3.63) is 30.1 Å². The lowest BCUT2D eigenvalue weighted by Gasteiger charge is -2.59. The number of hydrogen-bond acceptors (Lipinski definition) is 1. The summed E-state index contributed by atoms with van der Waals surface area (Å²) in [6.07, 6.45) is 10.4. The zero-order chi connectivity index (χ0) is 16.0. The summed E-state index contributed by atoms with van der Waals surface area (Å²) < 4.78 is 2.03. The van der Waals surface area contributed by atoms with Gasteiger partial charge in [-0.15, -0.1) is 0 Å². The minimum Gasteiger partial charge on any atom is -0.348 e. The number of carbonyl (C=O) groups is 1. The fourth-order valence-corrected chi connectivity index (χ4v) is 6.04. The molecule has 0 aromatic carbocycles. The molecule has 0 radical (unpaired) electrons. The number of nitrogens with zero attached hydrogens (tertiary/aromatic N) is 1. The van der Waals surface area contributed by atoms with Crippen molar-refractivity contribution in [2.75, 3.05) is 0 Å². The van der Waals surface area contributed by atoms with Crippen LogP contribution in [-0.2, 0) is 11.3 Å². The molecular formula is C20H29N2O+. The third-order valence-corrected chi connectivity index (χ3v) is 6.86. The Morgan fingerprint density at radius 1 is 1.22 bits per heavy atom. The zero-order valence-electron chi connectivity index (χ0n) is 14.4. The molecule has 5 rings (SSSR count). The predicted molar refractivity (Wildman–Crippen MR) is 89.6 cm³/mol. The average molecular weight is 313 g/mol. The Morgan fingerprint density at radius 2 is 1.83 bits per heavy atom. The summed E-state index contributed by atoms with van der Waals surface area (Å²) in [6.45, 7) is 4.74. The molecule has 4 fully saturated rings. The van der Waals surface area contributed by atoms with Gasteiger partial charge >= 0.3 is 0 Å². The van der Waals surface area contributed by atoms with Crippen LogP contribution < -0.4 is 9.88 Å². The fourth-order valence-electron chi connectivity index (χ4n) is 6.04. The van der Waals surface area contributed by atoms with E-state index in [2.05, 4.69) is 25.2 Å². The highest BCUT2D eigenvalue weighted by molar-refractivity contribution is 5.74. The van der Waals surface area contributed by atoms with Gasteiger partial charge in [0.2, 0.25) is 6.54 Å². The van der Waals surface area contributed by atoms with E-state index in [0.717, 1.165) is 23.4 Å². The van der Waals surface area contributed by atoms with Gasteiger partial charge < -0.3 is 5.32 Å². The first kappa shape index (κ1) is 15.2. The van der Waals surface area contributed by atoms with Crippen molar-refractivity contribution < 1.29 is 9.36 Å². The standard InChI is InChI=1S/C20H28N2O/c1-14-5-3-4-6-22(14)13-19(23)21-15(2)20-10-16-7-17(11-20)9-18(8-16)12-20/h3-6,15-18H,7-13H2,1-2H3/p+1/t15-,16?,17?,18?,20?/m1/s1. The Labute approximate surface area is 139 Å². The maximum absolute atomic E-state index is 12.5. The van der Waals surface area contributed by atoms with Crippen LogP contribution in [0.15, 0.2) is 24.4 Å². The van der Waals surface area contributed by atoms with Crippen LogP contribution in [0.5, 0.6) is 0 Å². The molecule has 23 heavy (non-hydrogen) atoms. The predicted octanol–water partition coefficient (Wildman–Crippen LogP) is 3.00. The van der Waals surface area contributed by atoms with E-state index in [4.69, 9.17) is 0 Å². The molecule has 1 aromatic rings. The van der Waals surface area contributed by atoms with E-state index >= 15 is 0 Å². The number of carbonyl (C=O) groups excluding carboxylic acids is 1. The van der Waals surface area contributed by atoms with Gasteiger partial charge in [-0.2, -0.15) is 4.57 Å². The number of aryl methyl sites for hydroxylation is 1. The van der Waals surface area contributed by atoms with Gasteiger partial charge in [0.25, 0.3) is 5.91 Å². The third-order valence-electron chi connectivity index (χ3n) is 6.86. The summed E-state index contributed by atoms with van der Waals surface area (Å²) in [5.41, 5.74) is 1.52. The van der Waals surface area contributed by atoms with Gasteiger partial charge in [0.1, 0.15) is 0 Å². The molecule has 0 spiro atoms. The summed E-state index contributed by atoms with van der Waals surface area (Å²) in [6, 6.07) is 6.37. The third kappa shape index (κ3) is 2.79. The number of pyridine rings is 1. The Hall–Kier alpha value is -1.38. The van der Waals surface area contributed by atoms with Crippen LogP contribution in [0.25, 0.3) is 0 Å². The molecule has 1 heterocycles. The van der Waals surface area contributed by atoms with E-state index in [9.17, 15) is 4.79 Å². The molecule has 0 aliphatic heterocycles. The number of amides is 1. The highest BCUT2D eigenvalue weighted by atomic mass is 16.2. The van der Waals surface area contributed by atoms with Gasteiger partial charge in [0.15, 0.2) is 11.9 Å². The summed E-state index contributed by atoms with van der Waals surface area (Å²) in [4.78, 5) is 12.5. The van der Waals surface area contributed by atoms with Gasteiger partial charge in [-0.3, -0.25) is 4.79 Å². The lowest BCUT2D eigenvalue weighted by atomic mass is 9.48. The number of aromatic nitrogens is 1. The molecule has 4 aliphatic rings. The van der Waals surface area contributed by atoms with Gasteiger partial charge in [-0.05, 0) is 68.6 Å². The monoisotopic (exact) mass is 313 g/mol. The van der Waals surface area contributed by atoms with Crippen molar-refractivity contribution in [3.8, 4) is 0 Å². The second-order valence-corrected chi connectivity index (χ2v) is 8.54. The van der Waals surface area contributed by atoms with Crippen molar-refractivity contribution in [2.45, 2.75) is 65.0 Å². The normalized spacial score (nSPS) is 36.0. The molecule has 3 nitrogen and oxygen atoms in total. The van der Waals surface area contributed by atoms with E-state index in [-0.39, 0.29) is 5.91 Å². The highest BCUT2D eigenvalue weighted by Gasteiger charge is 2.53. The molecule has 3 heteroatoms. The quantitative estimate of drug-likeness (QED) is 0.852. The number of nitrogens with one attached hydrogen (secondary N) is 1. The number of rotatable bonds is 4. The second kappa shape index (κ2) is 5.61. The van der Waals surface area contributed by atoms with Crippen LogP contribution in [0.4, 0.5) is 0 Å². The Bertz CT molecular complexity index is 574. The lowest BCUT2D eigenvalue weighted by molar-refractivity contribution is -0.690. The molecule has 1 amide bonds. The molecule has 124 valence electrons. The van der Waals surface area contributed by atoms with Crippen LogP contribution in [0.1, 0.15) is 51.1 Å². The number of hydrogen-bond donors (Lipinski definition) is 1. The first-order valence-electron chi connectivity index (χ1n) is 9.28. The maximum atomic E-state index is 12.5. The Kier molecular flexibility index (Phi) is 3.70. The van der Waals surface area contributed by atoms with Gasteiger partial charge in [0, 0.05) is 25.1 Å². The Balaban J connectivity index is 1.43. The molecule has 0 unspecified atom stereocenters. The van der Waals surface area contributed by atoms with E-state index in [0.29, 0.717) is 18.0 Å². The van der Waals surface area contributed by atoms with E-state index < -0.39 is 0 Å². The minimum atomic E-state index is 0.160. The van der Waals surface area contributed by atoms with Gasteiger partial charge in [0.05, 0.1) is 0 Å². The topological polar surface area (TPSA) is 33.0 Å². The van der Waals surface area contributed by atoms with E-state index in [1.807, 2.05) is 22.9 Å². The van der Waals surface area contributed by atoms with Crippen molar-refractivity contribution in [1.29, 1.82) is 0 Å². The smallest absolute Gasteiger partial charge is 0.286 e. The van der Waals surface area contributed by atoms with Crippen molar-refractivity contribution in [2.24, 2.45) is 23.2 Å². The summed E-state index contributed by atoms with van der Waals surface area (Å²) in [5.74, 6) is 2.97. The molecule has 4 saturated carbocycles. The van der Waals surface area contributed by atoms with E-state index in [1.54, 1.807) is 0 Å². The first-order chi connectivity index (χ1) is 11.0. The summed E-state index contributed by atoms with van der Waals surface area (Å²) in [5, 5.41) is 3.35. The second-order valence-electron chi connectivity index (χ2n) is 8.54. The minimum absolute atomic E-state index is 0.160. The highest BCUT2D eigenvalue weighted by Crippen LogP contribution is 2.61. The maximum Gasteiger partial charge on any atom is 0.286 e. The molecule has 0 saturated heterocycles. The van der Waals surface area contributed by atoms with Crippen LogP contribution in [0.2, 0.25) is 0 Å². The van der Waals surface area contributed by atoms with Crippen molar-refractivity contribution >= 4 is 5.91 Å². The van der Waals surface area contributed by atoms with Crippen molar-refractivity contribution in [3.63, 3.8) is 0 Å². The lowest BCUT2D eigenvalue weighted by Crippen LogP contribution is -2.57. The van der Waals surface area contributed by atoms with Crippen LogP contribution >= 0.6 is 0 Å². The van der Waals surface area contributed by atoms with Crippen LogP contribution in [0, 0.1) is 30.1 Å².